The van der Waals surface area contributed by atoms with Crippen molar-refractivity contribution in [1.29, 1.82) is 0 Å². The molecule has 4 rings (SSSR count). The summed E-state index contributed by atoms with van der Waals surface area (Å²) in [5, 5.41) is 16.9. The molecule has 2 saturated heterocycles. The Hall–Kier alpha value is -2.88. The lowest BCUT2D eigenvalue weighted by atomic mass is 9.78. The topological polar surface area (TPSA) is 108 Å². The van der Waals surface area contributed by atoms with Gasteiger partial charge in [0.15, 0.2) is 0 Å². The van der Waals surface area contributed by atoms with E-state index in [1.807, 2.05) is 67.8 Å². The summed E-state index contributed by atoms with van der Waals surface area (Å²) in [4.78, 5) is 41.3. The molecule has 2 aliphatic rings. The van der Waals surface area contributed by atoms with Gasteiger partial charge in [0.2, 0.25) is 11.8 Å². The second kappa shape index (κ2) is 12.1. The maximum absolute atomic E-state index is 13.7. The number of rotatable bonds is 13. The molecule has 4 atom stereocenters. The van der Waals surface area contributed by atoms with Gasteiger partial charge in [-0.3, -0.25) is 24.6 Å². The molecule has 0 spiro atoms. The summed E-state index contributed by atoms with van der Waals surface area (Å²) >= 11 is 1.52. The zero-order chi connectivity index (χ0) is 26.4. The molecule has 2 amide bonds. The van der Waals surface area contributed by atoms with E-state index in [1.165, 1.54) is 16.7 Å². The molecule has 0 saturated carbocycles. The van der Waals surface area contributed by atoms with Crippen molar-refractivity contribution < 1.29 is 24.2 Å². The number of amides is 2. The van der Waals surface area contributed by atoms with Crippen LogP contribution < -0.4 is 15.4 Å². The third kappa shape index (κ3) is 5.54. The van der Waals surface area contributed by atoms with Crippen LogP contribution in [0.5, 0.6) is 5.75 Å². The molecule has 0 radical (unpaired) electrons. The van der Waals surface area contributed by atoms with Crippen LogP contribution in [-0.2, 0) is 20.9 Å². The van der Waals surface area contributed by atoms with Gasteiger partial charge < -0.3 is 15.2 Å². The number of carbonyl (C=O) groups is 3. The molecular formula is C28H35N3O5S. The Kier molecular flexibility index (Phi) is 8.89. The zero-order valence-corrected chi connectivity index (χ0v) is 22.1. The Morgan fingerprint density at radius 3 is 2.51 bits per heavy atom. The van der Waals surface area contributed by atoms with Crippen molar-refractivity contribution in [3.05, 3.63) is 65.7 Å². The van der Waals surface area contributed by atoms with Crippen LogP contribution >= 0.6 is 11.8 Å². The standard InChI is InChI=1S/C28H35N3O5S/c1-3-16-36-21-11-9-20(10-12-21)24-22-23(28(30-24,27(34)35)13-17-37-2)26(33)31(25(22)32)15-14-29-18-19-7-5-4-6-8-19/h4-12,22-24,29-30H,3,13-18H2,1-2H3,(H,34,35). The number of carbonyl (C=O) groups excluding carboxylic acids is 2. The molecule has 2 aromatic rings. The maximum Gasteiger partial charge on any atom is 0.324 e. The Labute approximate surface area is 222 Å². The van der Waals surface area contributed by atoms with E-state index in [4.69, 9.17) is 4.74 Å². The highest BCUT2D eigenvalue weighted by atomic mass is 32.2. The summed E-state index contributed by atoms with van der Waals surface area (Å²) in [5.41, 5.74) is 0.377. The number of fused-ring (bicyclic) bond motifs is 1. The number of hydrogen-bond acceptors (Lipinski definition) is 7. The molecule has 2 fully saturated rings. The fourth-order valence-electron chi connectivity index (χ4n) is 5.38. The minimum absolute atomic E-state index is 0.201. The average molecular weight is 526 g/mol. The molecule has 37 heavy (non-hydrogen) atoms. The molecule has 0 bridgehead atoms. The van der Waals surface area contributed by atoms with Crippen molar-refractivity contribution in [2.75, 3.05) is 31.7 Å². The molecular weight excluding hydrogens is 490 g/mol. The van der Waals surface area contributed by atoms with Crippen molar-refractivity contribution in [1.82, 2.24) is 15.5 Å². The smallest absolute Gasteiger partial charge is 0.324 e. The van der Waals surface area contributed by atoms with Crippen LogP contribution in [0.25, 0.3) is 0 Å². The molecule has 0 aromatic heterocycles. The Morgan fingerprint density at radius 1 is 1.14 bits per heavy atom. The number of carboxylic acids is 1. The quantitative estimate of drug-likeness (QED) is 0.271. The monoisotopic (exact) mass is 525 g/mol. The van der Waals surface area contributed by atoms with Crippen LogP contribution in [0.3, 0.4) is 0 Å². The van der Waals surface area contributed by atoms with E-state index >= 15 is 0 Å². The number of nitrogens with zero attached hydrogens (tertiary/aromatic N) is 1. The second-order valence-corrected chi connectivity index (χ2v) is 10.5. The third-order valence-electron chi connectivity index (χ3n) is 7.22. The highest BCUT2D eigenvalue weighted by molar-refractivity contribution is 7.98. The highest BCUT2D eigenvalue weighted by Gasteiger charge is 2.68. The van der Waals surface area contributed by atoms with Gasteiger partial charge in [0.05, 0.1) is 18.4 Å². The van der Waals surface area contributed by atoms with Gasteiger partial charge in [-0.15, -0.1) is 0 Å². The first-order valence-electron chi connectivity index (χ1n) is 12.8. The number of nitrogens with one attached hydrogen (secondary N) is 2. The number of aliphatic carboxylic acids is 1. The van der Waals surface area contributed by atoms with Crippen LogP contribution in [-0.4, -0.2) is 65.0 Å². The number of carboxylic acid groups (broad SMARTS) is 1. The average Bonchev–Trinajstić information content (AvgIpc) is 3.39. The van der Waals surface area contributed by atoms with Crippen LogP contribution in [0.2, 0.25) is 0 Å². The molecule has 0 aliphatic carbocycles. The van der Waals surface area contributed by atoms with Gasteiger partial charge in [0.1, 0.15) is 11.3 Å². The van der Waals surface area contributed by atoms with Gasteiger partial charge in [-0.1, -0.05) is 49.4 Å². The second-order valence-electron chi connectivity index (χ2n) is 9.55. The van der Waals surface area contributed by atoms with Crippen LogP contribution in [0.15, 0.2) is 54.6 Å². The zero-order valence-electron chi connectivity index (χ0n) is 21.3. The van der Waals surface area contributed by atoms with Crippen LogP contribution in [0.4, 0.5) is 0 Å². The van der Waals surface area contributed by atoms with Gasteiger partial charge in [-0.05, 0) is 48.1 Å². The lowest BCUT2D eigenvalue weighted by molar-refractivity contribution is -0.151. The predicted molar refractivity (Wildman–Crippen MR) is 143 cm³/mol. The van der Waals surface area contributed by atoms with E-state index in [-0.39, 0.29) is 18.9 Å². The van der Waals surface area contributed by atoms with E-state index in [0.29, 0.717) is 31.2 Å². The van der Waals surface area contributed by atoms with Gasteiger partial charge in [-0.25, -0.2) is 0 Å². The lowest BCUT2D eigenvalue weighted by Gasteiger charge is -2.31. The van der Waals surface area contributed by atoms with Crippen LogP contribution in [0, 0.1) is 11.8 Å². The Balaban J connectivity index is 1.56. The first-order valence-corrected chi connectivity index (χ1v) is 14.1. The molecule has 198 valence electrons. The van der Waals surface area contributed by atoms with Gasteiger partial charge in [0, 0.05) is 25.7 Å². The molecule has 2 heterocycles. The van der Waals surface area contributed by atoms with Crippen molar-refractivity contribution in [3.8, 4) is 5.75 Å². The SMILES string of the molecule is CCCOc1ccc(C2NC(CCSC)(C(=O)O)C3C(=O)N(CCNCc4ccccc4)C(=O)C23)cc1. The summed E-state index contributed by atoms with van der Waals surface area (Å²) in [7, 11) is 0. The number of likely N-dealkylation sites (tertiary alicyclic amines) is 1. The van der Waals surface area contributed by atoms with Crippen LogP contribution in [0.1, 0.15) is 36.9 Å². The third-order valence-corrected chi connectivity index (χ3v) is 7.84. The summed E-state index contributed by atoms with van der Waals surface area (Å²) in [6, 6.07) is 16.7. The van der Waals surface area contributed by atoms with Gasteiger partial charge >= 0.3 is 5.97 Å². The molecule has 9 heteroatoms. The highest BCUT2D eigenvalue weighted by Crippen LogP contribution is 2.50. The fraction of sp³-hybridized carbons (Fsp3) is 0.464. The first kappa shape index (κ1) is 27.2. The number of thioether (sulfide) groups is 1. The van der Waals surface area contributed by atoms with Crippen molar-refractivity contribution in [3.63, 3.8) is 0 Å². The number of imide groups is 1. The Bertz CT molecular complexity index is 1100. The summed E-state index contributed by atoms with van der Waals surface area (Å²) < 4.78 is 5.68. The maximum atomic E-state index is 13.7. The van der Waals surface area contributed by atoms with E-state index in [9.17, 15) is 19.5 Å². The molecule has 3 N–H and O–H groups in total. The molecule has 2 aromatic carbocycles. The summed E-state index contributed by atoms with van der Waals surface area (Å²) in [5.74, 6) is -2.27. The van der Waals surface area contributed by atoms with Crippen molar-refractivity contribution in [2.24, 2.45) is 11.8 Å². The molecule has 2 aliphatic heterocycles. The van der Waals surface area contributed by atoms with E-state index < -0.39 is 35.3 Å². The number of ether oxygens (including phenoxy) is 1. The van der Waals surface area contributed by atoms with E-state index in [2.05, 4.69) is 10.6 Å². The van der Waals surface area contributed by atoms with Crippen molar-refractivity contribution >= 4 is 29.5 Å². The summed E-state index contributed by atoms with van der Waals surface area (Å²) in [6.45, 7) is 3.88. The van der Waals surface area contributed by atoms with E-state index in [1.54, 1.807) is 0 Å². The van der Waals surface area contributed by atoms with Gasteiger partial charge in [-0.2, -0.15) is 11.8 Å². The number of hydrogen-bond donors (Lipinski definition) is 3. The summed E-state index contributed by atoms with van der Waals surface area (Å²) in [6.07, 6.45) is 3.04. The number of benzene rings is 2. The normalized spacial score (nSPS) is 24.9. The minimum atomic E-state index is -1.51. The van der Waals surface area contributed by atoms with E-state index in [0.717, 1.165) is 17.5 Å². The molecule has 4 unspecified atom stereocenters. The predicted octanol–water partition coefficient (Wildman–Crippen LogP) is 3.09. The van der Waals surface area contributed by atoms with Gasteiger partial charge in [0.25, 0.3) is 0 Å². The minimum Gasteiger partial charge on any atom is -0.494 e. The Morgan fingerprint density at radius 2 is 1.86 bits per heavy atom. The first-order chi connectivity index (χ1) is 17.9. The largest absolute Gasteiger partial charge is 0.494 e. The lowest BCUT2D eigenvalue weighted by Crippen LogP contribution is -2.56. The van der Waals surface area contributed by atoms with Crippen molar-refractivity contribution in [2.45, 2.75) is 37.9 Å². The fourth-order valence-corrected chi connectivity index (χ4v) is 5.90. The molecule has 8 nitrogen and oxygen atoms in total.